The highest BCUT2D eigenvalue weighted by Crippen LogP contribution is 2.23. The molecule has 0 aliphatic rings. The predicted octanol–water partition coefficient (Wildman–Crippen LogP) is 2.19. The molecular weight excluding hydrogens is 320 g/mol. The highest BCUT2D eigenvalue weighted by atomic mass is 32.2. The van der Waals surface area contributed by atoms with E-state index in [0.29, 0.717) is 12.0 Å². The highest BCUT2D eigenvalue weighted by Gasteiger charge is 2.13. The molecule has 1 aromatic carbocycles. The number of hydrogen-bond donors (Lipinski definition) is 2. The molecule has 0 saturated heterocycles. The van der Waals surface area contributed by atoms with Gasteiger partial charge in [0.1, 0.15) is 0 Å². The van der Waals surface area contributed by atoms with Gasteiger partial charge in [-0.25, -0.2) is 13.1 Å². The SMILES string of the molecule is C[C@H](O)c1ccc(CCNS(=O)(=O)c2ccc(C#N)cc2)s1. The molecule has 1 heterocycles. The summed E-state index contributed by atoms with van der Waals surface area (Å²) in [6.45, 7) is 1.98. The Bertz CT molecular complexity index is 772. The van der Waals surface area contributed by atoms with Gasteiger partial charge in [0.15, 0.2) is 0 Å². The lowest BCUT2D eigenvalue weighted by atomic mass is 10.2. The second kappa shape index (κ2) is 7.03. The second-order valence-electron chi connectivity index (χ2n) is 4.76. The van der Waals surface area contributed by atoms with Crippen molar-refractivity contribution in [1.29, 1.82) is 5.26 Å². The minimum atomic E-state index is -3.57. The first-order valence-electron chi connectivity index (χ1n) is 6.69. The minimum absolute atomic E-state index is 0.141. The quantitative estimate of drug-likeness (QED) is 0.846. The monoisotopic (exact) mass is 336 g/mol. The number of nitrogens with zero attached hydrogens (tertiary/aromatic N) is 1. The van der Waals surface area contributed by atoms with Crippen LogP contribution >= 0.6 is 11.3 Å². The maximum Gasteiger partial charge on any atom is 0.240 e. The lowest BCUT2D eigenvalue weighted by Crippen LogP contribution is -2.25. The largest absolute Gasteiger partial charge is 0.388 e. The number of nitriles is 1. The lowest BCUT2D eigenvalue weighted by Gasteiger charge is -2.06. The first kappa shape index (κ1) is 16.6. The summed E-state index contributed by atoms with van der Waals surface area (Å²) in [6.07, 6.45) is 0.0569. The van der Waals surface area contributed by atoms with Crippen molar-refractivity contribution < 1.29 is 13.5 Å². The van der Waals surface area contributed by atoms with E-state index < -0.39 is 16.1 Å². The van der Waals surface area contributed by atoms with Crippen LogP contribution in [0.3, 0.4) is 0 Å². The number of hydrogen-bond acceptors (Lipinski definition) is 5. The summed E-state index contributed by atoms with van der Waals surface area (Å²) < 4.78 is 26.7. The van der Waals surface area contributed by atoms with E-state index in [4.69, 9.17) is 5.26 Å². The molecule has 0 unspecified atom stereocenters. The molecule has 2 N–H and O–H groups in total. The van der Waals surface area contributed by atoms with Gasteiger partial charge in [0.05, 0.1) is 22.6 Å². The van der Waals surface area contributed by atoms with E-state index in [-0.39, 0.29) is 11.4 Å². The van der Waals surface area contributed by atoms with Crippen molar-refractivity contribution in [2.45, 2.75) is 24.3 Å². The van der Waals surface area contributed by atoms with E-state index in [9.17, 15) is 13.5 Å². The Morgan fingerprint density at radius 1 is 1.27 bits per heavy atom. The van der Waals surface area contributed by atoms with Gasteiger partial charge in [-0.15, -0.1) is 11.3 Å². The van der Waals surface area contributed by atoms with E-state index in [1.807, 2.05) is 18.2 Å². The summed E-state index contributed by atoms with van der Waals surface area (Å²) in [7, 11) is -3.57. The van der Waals surface area contributed by atoms with Crippen LogP contribution in [0.25, 0.3) is 0 Å². The number of benzene rings is 1. The molecule has 7 heteroatoms. The fourth-order valence-electron chi connectivity index (χ4n) is 1.85. The predicted molar refractivity (Wildman–Crippen MR) is 85.0 cm³/mol. The molecule has 0 spiro atoms. The third-order valence-electron chi connectivity index (χ3n) is 3.05. The van der Waals surface area contributed by atoms with Gasteiger partial charge in [0.25, 0.3) is 0 Å². The van der Waals surface area contributed by atoms with Gasteiger partial charge in [-0.1, -0.05) is 0 Å². The van der Waals surface area contributed by atoms with Crippen LogP contribution in [0.15, 0.2) is 41.3 Å². The zero-order valence-corrected chi connectivity index (χ0v) is 13.6. The molecule has 0 fully saturated rings. The smallest absolute Gasteiger partial charge is 0.240 e. The summed E-state index contributed by atoms with van der Waals surface area (Å²) >= 11 is 1.47. The Labute approximate surface area is 133 Å². The molecule has 0 radical (unpaired) electrons. The van der Waals surface area contributed by atoms with Gasteiger partial charge in [-0.3, -0.25) is 0 Å². The average Bonchev–Trinajstić information content (AvgIpc) is 2.96. The second-order valence-corrected chi connectivity index (χ2v) is 7.73. The van der Waals surface area contributed by atoms with Crippen LogP contribution in [0.5, 0.6) is 0 Å². The molecule has 1 atom stereocenters. The first-order chi connectivity index (χ1) is 10.4. The van der Waals surface area contributed by atoms with Gasteiger partial charge < -0.3 is 5.11 Å². The number of nitrogens with one attached hydrogen (secondary N) is 1. The molecule has 2 rings (SSSR count). The van der Waals surface area contributed by atoms with E-state index in [0.717, 1.165) is 9.75 Å². The third-order valence-corrected chi connectivity index (χ3v) is 5.84. The fraction of sp³-hybridized carbons (Fsp3) is 0.267. The highest BCUT2D eigenvalue weighted by molar-refractivity contribution is 7.89. The lowest BCUT2D eigenvalue weighted by molar-refractivity contribution is 0.203. The Morgan fingerprint density at radius 2 is 1.95 bits per heavy atom. The van der Waals surface area contributed by atoms with Gasteiger partial charge in [-0.05, 0) is 49.7 Å². The van der Waals surface area contributed by atoms with Crippen molar-refractivity contribution in [2.75, 3.05) is 6.54 Å². The number of aliphatic hydroxyl groups is 1. The van der Waals surface area contributed by atoms with Gasteiger partial charge >= 0.3 is 0 Å². The molecule has 1 aromatic heterocycles. The van der Waals surface area contributed by atoms with Crippen LogP contribution in [0, 0.1) is 11.3 Å². The van der Waals surface area contributed by atoms with E-state index in [1.54, 1.807) is 6.92 Å². The fourth-order valence-corrected chi connectivity index (χ4v) is 3.84. The van der Waals surface area contributed by atoms with Gasteiger partial charge in [-0.2, -0.15) is 5.26 Å². The standard InChI is InChI=1S/C15H16N2O3S2/c1-11(18)15-7-4-13(21-15)8-9-17-22(19,20)14-5-2-12(10-16)3-6-14/h2-7,11,17-18H,8-9H2,1H3/t11-/m0/s1. The summed E-state index contributed by atoms with van der Waals surface area (Å²) in [6, 6.07) is 11.5. The topological polar surface area (TPSA) is 90.2 Å². The molecule has 0 bridgehead atoms. The van der Waals surface area contributed by atoms with Crippen LogP contribution in [0.4, 0.5) is 0 Å². The van der Waals surface area contributed by atoms with Crippen LogP contribution in [0.2, 0.25) is 0 Å². The normalized spacial score (nSPS) is 12.8. The number of sulfonamides is 1. The Hall–Kier alpha value is -1.72. The molecule has 116 valence electrons. The van der Waals surface area contributed by atoms with E-state index in [2.05, 4.69) is 4.72 Å². The number of thiophene rings is 1. The van der Waals surface area contributed by atoms with Crippen molar-refractivity contribution >= 4 is 21.4 Å². The van der Waals surface area contributed by atoms with Crippen molar-refractivity contribution in [3.8, 4) is 6.07 Å². The molecule has 0 aliphatic carbocycles. The third kappa shape index (κ3) is 4.15. The molecule has 0 saturated carbocycles. The Kier molecular flexibility index (Phi) is 5.32. The van der Waals surface area contributed by atoms with E-state index in [1.165, 1.54) is 35.6 Å². The van der Waals surface area contributed by atoms with Gasteiger partial charge in [0, 0.05) is 16.3 Å². The zero-order valence-electron chi connectivity index (χ0n) is 12.0. The van der Waals surface area contributed by atoms with Crippen molar-refractivity contribution in [3.63, 3.8) is 0 Å². The summed E-state index contributed by atoms with van der Waals surface area (Å²) in [4.78, 5) is 2.02. The Morgan fingerprint density at radius 3 is 2.50 bits per heavy atom. The maximum atomic E-state index is 12.1. The summed E-state index contributed by atoms with van der Waals surface area (Å²) in [5, 5.41) is 18.2. The van der Waals surface area contributed by atoms with Crippen LogP contribution in [-0.2, 0) is 16.4 Å². The average molecular weight is 336 g/mol. The molecule has 2 aromatic rings. The minimum Gasteiger partial charge on any atom is -0.388 e. The summed E-state index contributed by atoms with van der Waals surface area (Å²) in [5.41, 5.74) is 0.420. The van der Waals surface area contributed by atoms with Crippen LogP contribution < -0.4 is 4.72 Å². The van der Waals surface area contributed by atoms with Crippen molar-refractivity contribution in [3.05, 3.63) is 51.7 Å². The molecule has 0 amide bonds. The summed E-state index contributed by atoms with van der Waals surface area (Å²) in [5.74, 6) is 0. The first-order valence-corrected chi connectivity index (χ1v) is 8.99. The van der Waals surface area contributed by atoms with Gasteiger partial charge in [0.2, 0.25) is 10.0 Å². The van der Waals surface area contributed by atoms with Crippen LogP contribution in [0.1, 0.15) is 28.3 Å². The number of rotatable bonds is 6. The number of aliphatic hydroxyl groups excluding tert-OH is 1. The molecule has 22 heavy (non-hydrogen) atoms. The maximum absolute atomic E-state index is 12.1. The van der Waals surface area contributed by atoms with E-state index >= 15 is 0 Å². The zero-order chi connectivity index (χ0) is 16.2. The molecular formula is C15H16N2O3S2. The van der Waals surface area contributed by atoms with Crippen molar-refractivity contribution in [2.24, 2.45) is 0 Å². The molecule has 0 aliphatic heterocycles. The Balaban J connectivity index is 1.95. The van der Waals surface area contributed by atoms with Crippen molar-refractivity contribution in [1.82, 2.24) is 4.72 Å². The van der Waals surface area contributed by atoms with Crippen LogP contribution in [-0.4, -0.2) is 20.1 Å². The molecule has 5 nitrogen and oxygen atoms in total.